The summed E-state index contributed by atoms with van der Waals surface area (Å²) < 4.78 is 37.4. The van der Waals surface area contributed by atoms with E-state index in [4.69, 9.17) is 5.73 Å². The van der Waals surface area contributed by atoms with Crippen LogP contribution in [-0.2, 0) is 11.0 Å². The Bertz CT molecular complexity index is 516. The summed E-state index contributed by atoms with van der Waals surface area (Å²) >= 11 is 1.23. The number of likely N-dealkylation sites (N-methyl/N-ethyl adjacent to an activating group) is 1. The van der Waals surface area contributed by atoms with Crippen LogP contribution in [0, 0.1) is 5.92 Å². The van der Waals surface area contributed by atoms with Crippen molar-refractivity contribution in [1.29, 1.82) is 0 Å². The first-order valence-electron chi connectivity index (χ1n) is 6.44. The van der Waals surface area contributed by atoms with Crippen molar-refractivity contribution in [2.24, 2.45) is 11.7 Å². The molecule has 0 radical (unpaired) electrons. The Hall–Kier alpha value is -1.28. The summed E-state index contributed by atoms with van der Waals surface area (Å²) in [6.45, 7) is 0. The highest BCUT2D eigenvalue weighted by atomic mass is 32.2. The molecule has 1 amide bonds. The zero-order chi connectivity index (χ0) is 15.7. The Morgan fingerprint density at radius 1 is 1.48 bits per heavy atom. The first-order chi connectivity index (χ1) is 9.79. The number of hydrogen-bond donors (Lipinski definition) is 2. The predicted molar refractivity (Wildman–Crippen MR) is 73.7 cm³/mol. The molecule has 1 saturated carbocycles. The second-order valence-electron chi connectivity index (χ2n) is 5.03. The molecule has 0 aliphatic heterocycles. The van der Waals surface area contributed by atoms with Crippen LogP contribution in [0.2, 0.25) is 0 Å². The fourth-order valence-electron chi connectivity index (χ4n) is 2.19. The van der Waals surface area contributed by atoms with Crippen LogP contribution in [0.15, 0.2) is 23.4 Å². The lowest BCUT2D eigenvalue weighted by molar-refractivity contribution is -0.137. The molecule has 21 heavy (non-hydrogen) atoms. The average molecular weight is 319 g/mol. The quantitative estimate of drug-likeness (QED) is 0.788. The van der Waals surface area contributed by atoms with E-state index in [-0.39, 0.29) is 5.92 Å². The lowest BCUT2D eigenvalue weighted by Gasteiger charge is -2.29. The van der Waals surface area contributed by atoms with Crippen molar-refractivity contribution in [3.05, 3.63) is 23.9 Å². The molecule has 1 heterocycles. The second kappa shape index (κ2) is 5.84. The number of amides is 1. The minimum atomic E-state index is -4.40. The van der Waals surface area contributed by atoms with E-state index in [0.717, 1.165) is 25.1 Å². The van der Waals surface area contributed by atoms with Crippen molar-refractivity contribution < 1.29 is 18.0 Å². The molecule has 8 heteroatoms. The third-order valence-electron chi connectivity index (χ3n) is 3.67. The highest BCUT2D eigenvalue weighted by Crippen LogP contribution is 2.42. The molecule has 3 N–H and O–H groups in total. The number of carbonyl (C=O) groups is 1. The first kappa shape index (κ1) is 16.1. The summed E-state index contributed by atoms with van der Waals surface area (Å²) in [5.74, 6) is 0.0934. The topological polar surface area (TPSA) is 68.0 Å². The molecule has 1 aliphatic rings. The van der Waals surface area contributed by atoms with Gasteiger partial charge in [-0.25, -0.2) is 4.98 Å². The molecule has 4 nitrogen and oxygen atoms in total. The molecule has 0 aromatic carbocycles. The van der Waals surface area contributed by atoms with Gasteiger partial charge < -0.3 is 11.1 Å². The van der Waals surface area contributed by atoms with Crippen molar-refractivity contribution in [1.82, 2.24) is 10.3 Å². The molecule has 1 atom stereocenters. The van der Waals surface area contributed by atoms with Crippen molar-refractivity contribution >= 4 is 17.7 Å². The second-order valence-corrected chi connectivity index (χ2v) is 6.03. The van der Waals surface area contributed by atoms with Gasteiger partial charge in [0.15, 0.2) is 0 Å². The molecule has 1 aromatic heterocycles. The van der Waals surface area contributed by atoms with Gasteiger partial charge >= 0.3 is 6.18 Å². The monoisotopic (exact) mass is 319 g/mol. The van der Waals surface area contributed by atoms with Gasteiger partial charge in [0.25, 0.3) is 0 Å². The molecular formula is C13H16F3N3OS. The maximum absolute atomic E-state index is 12.5. The minimum Gasteiger partial charge on any atom is -0.368 e. The van der Waals surface area contributed by atoms with Crippen LogP contribution >= 0.6 is 11.8 Å². The van der Waals surface area contributed by atoms with Gasteiger partial charge in [0.2, 0.25) is 5.91 Å². The molecule has 1 unspecified atom stereocenters. The van der Waals surface area contributed by atoms with Crippen LogP contribution < -0.4 is 11.1 Å². The lowest BCUT2D eigenvalue weighted by atomic mass is 9.95. The standard InChI is InChI=1S/C13H16F3N3OS/c1-18-12(11(17)20,8-2-3-8)7-21-10-5-4-9(6-19-10)13(14,15)16/h4-6,8,18H,2-3,7H2,1H3,(H2,17,20). The van der Waals surface area contributed by atoms with Crippen LogP contribution in [0.4, 0.5) is 13.2 Å². The summed E-state index contributed by atoms with van der Waals surface area (Å²) in [7, 11) is 1.67. The number of nitrogens with one attached hydrogen (secondary N) is 1. The van der Waals surface area contributed by atoms with Crippen molar-refractivity contribution in [3.63, 3.8) is 0 Å². The summed E-state index contributed by atoms with van der Waals surface area (Å²) in [4.78, 5) is 15.5. The summed E-state index contributed by atoms with van der Waals surface area (Å²) in [5, 5.41) is 3.41. The number of nitrogens with two attached hydrogens (primary N) is 1. The highest BCUT2D eigenvalue weighted by molar-refractivity contribution is 7.99. The Labute approximate surface area is 124 Å². The van der Waals surface area contributed by atoms with Crippen LogP contribution in [0.1, 0.15) is 18.4 Å². The van der Waals surface area contributed by atoms with E-state index in [1.807, 2.05) is 0 Å². The van der Waals surface area contributed by atoms with Crippen LogP contribution in [0.5, 0.6) is 0 Å². The largest absolute Gasteiger partial charge is 0.417 e. The Balaban J connectivity index is 2.06. The number of pyridine rings is 1. The zero-order valence-electron chi connectivity index (χ0n) is 11.4. The number of rotatable bonds is 6. The number of carbonyl (C=O) groups excluding carboxylic acids is 1. The molecule has 1 fully saturated rings. The molecule has 0 spiro atoms. The number of primary amides is 1. The normalized spacial score (nSPS) is 18.3. The number of alkyl halides is 3. The van der Waals surface area contributed by atoms with Gasteiger partial charge in [-0.2, -0.15) is 13.2 Å². The van der Waals surface area contributed by atoms with Crippen molar-refractivity contribution in [2.45, 2.75) is 29.6 Å². The highest BCUT2D eigenvalue weighted by Gasteiger charge is 2.48. The molecule has 1 aliphatic carbocycles. The number of hydrogen-bond acceptors (Lipinski definition) is 4. The summed E-state index contributed by atoms with van der Waals surface area (Å²) in [6.07, 6.45) is -1.76. The van der Waals surface area contributed by atoms with Gasteiger partial charge in [0.05, 0.1) is 10.6 Å². The van der Waals surface area contributed by atoms with Crippen LogP contribution in [-0.4, -0.2) is 29.2 Å². The lowest BCUT2D eigenvalue weighted by Crippen LogP contribution is -2.57. The van der Waals surface area contributed by atoms with Gasteiger partial charge in [-0.1, -0.05) is 0 Å². The third kappa shape index (κ3) is 3.49. The van der Waals surface area contributed by atoms with E-state index in [1.54, 1.807) is 7.05 Å². The fourth-order valence-corrected chi connectivity index (χ4v) is 3.38. The maximum atomic E-state index is 12.5. The number of aromatic nitrogens is 1. The van der Waals surface area contributed by atoms with Gasteiger partial charge in [-0.3, -0.25) is 4.79 Å². The number of thioether (sulfide) groups is 1. The Morgan fingerprint density at radius 3 is 2.52 bits per heavy atom. The predicted octanol–water partition coefficient (Wildman–Crippen LogP) is 2.05. The minimum absolute atomic E-state index is 0.182. The Kier molecular flexibility index (Phi) is 4.48. The van der Waals surface area contributed by atoms with E-state index in [1.165, 1.54) is 17.8 Å². The molecule has 1 aromatic rings. The first-order valence-corrected chi connectivity index (χ1v) is 7.43. The maximum Gasteiger partial charge on any atom is 0.417 e. The molecule has 0 bridgehead atoms. The molecule has 0 saturated heterocycles. The Morgan fingerprint density at radius 2 is 2.14 bits per heavy atom. The van der Waals surface area contributed by atoms with Gasteiger partial charge in [-0.05, 0) is 37.9 Å². The molecule has 116 valence electrons. The molecule has 2 rings (SSSR count). The average Bonchev–Trinajstić information content (AvgIpc) is 3.24. The molecular weight excluding hydrogens is 303 g/mol. The zero-order valence-corrected chi connectivity index (χ0v) is 12.2. The van der Waals surface area contributed by atoms with Crippen molar-refractivity contribution in [2.75, 3.05) is 12.8 Å². The number of halogens is 3. The van der Waals surface area contributed by atoms with E-state index in [0.29, 0.717) is 10.8 Å². The van der Waals surface area contributed by atoms with E-state index in [2.05, 4.69) is 10.3 Å². The van der Waals surface area contributed by atoms with E-state index < -0.39 is 23.2 Å². The summed E-state index contributed by atoms with van der Waals surface area (Å²) in [6, 6.07) is 2.29. The smallest absolute Gasteiger partial charge is 0.368 e. The third-order valence-corrected chi connectivity index (χ3v) is 4.81. The van der Waals surface area contributed by atoms with E-state index in [9.17, 15) is 18.0 Å². The van der Waals surface area contributed by atoms with Gasteiger partial charge in [0, 0.05) is 11.9 Å². The fraction of sp³-hybridized carbons (Fsp3) is 0.538. The SMILES string of the molecule is CNC(CSc1ccc(C(F)(F)F)cn1)(C(N)=O)C1CC1. The van der Waals surface area contributed by atoms with Crippen molar-refractivity contribution in [3.8, 4) is 0 Å². The number of nitrogens with zero attached hydrogens (tertiary/aromatic N) is 1. The van der Waals surface area contributed by atoms with E-state index >= 15 is 0 Å². The summed E-state index contributed by atoms with van der Waals surface area (Å²) in [5.41, 5.74) is 3.87. The van der Waals surface area contributed by atoms with Crippen LogP contribution in [0.25, 0.3) is 0 Å². The van der Waals surface area contributed by atoms with Gasteiger partial charge in [0.1, 0.15) is 5.54 Å². The van der Waals surface area contributed by atoms with Crippen LogP contribution in [0.3, 0.4) is 0 Å². The van der Waals surface area contributed by atoms with Gasteiger partial charge in [-0.15, -0.1) is 11.8 Å².